The normalized spacial score (nSPS) is 19.0. The van der Waals surface area contributed by atoms with Crippen molar-refractivity contribution in [2.45, 2.75) is 13.3 Å². The lowest BCUT2D eigenvalue weighted by atomic mass is 10.1. The first-order valence-electron chi connectivity index (χ1n) is 6.38. The fourth-order valence-corrected chi connectivity index (χ4v) is 2.26. The Morgan fingerprint density at radius 1 is 1.50 bits per heavy atom. The molecule has 1 aromatic rings. The van der Waals surface area contributed by atoms with Gasteiger partial charge in [0.2, 0.25) is 0 Å². The van der Waals surface area contributed by atoms with Crippen LogP contribution in [0.25, 0.3) is 0 Å². The number of carbonyl (C=O) groups is 1. The van der Waals surface area contributed by atoms with Gasteiger partial charge in [0.25, 0.3) is 5.91 Å². The van der Waals surface area contributed by atoms with Crippen molar-refractivity contribution in [2.75, 3.05) is 26.3 Å². The summed E-state index contributed by atoms with van der Waals surface area (Å²) in [6, 6.07) is 7.31. The van der Waals surface area contributed by atoms with Gasteiger partial charge in [-0.3, -0.25) is 4.79 Å². The first-order valence-corrected chi connectivity index (χ1v) is 6.38. The van der Waals surface area contributed by atoms with E-state index in [4.69, 9.17) is 9.84 Å². The molecule has 1 amide bonds. The third-order valence-corrected chi connectivity index (χ3v) is 3.25. The summed E-state index contributed by atoms with van der Waals surface area (Å²) in [6.07, 6.45) is 0.874. The molecule has 1 fully saturated rings. The third-order valence-electron chi connectivity index (χ3n) is 3.25. The van der Waals surface area contributed by atoms with E-state index in [2.05, 4.69) is 0 Å². The number of aliphatic hydroxyl groups is 1. The summed E-state index contributed by atoms with van der Waals surface area (Å²) in [5.41, 5.74) is 0.609. The van der Waals surface area contributed by atoms with Crippen molar-refractivity contribution in [3.8, 4) is 5.75 Å². The quantitative estimate of drug-likeness (QED) is 0.880. The third kappa shape index (κ3) is 2.64. The Bertz CT molecular complexity index is 419. The molecule has 1 unspecified atom stereocenters. The number of amides is 1. The maximum atomic E-state index is 12.4. The SMILES string of the molecule is CCOc1ccccc1C(=O)N1CCC(CO)C1. The Kier molecular flexibility index (Phi) is 4.20. The van der Waals surface area contributed by atoms with E-state index in [0.29, 0.717) is 31.0 Å². The highest BCUT2D eigenvalue weighted by Gasteiger charge is 2.27. The van der Waals surface area contributed by atoms with Gasteiger partial charge in [-0.2, -0.15) is 0 Å². The molecule has 0 aromatic heterocycles. The van der Waals surface area contributed by atoms with Crippen molar-refractivity contribution in [1.82, 2.24) is 4.90 Å². The second-order valence-electron chi connectivity index (χ2n) is 4.52. The minimum atomic E-state index is -0.00463. The van der Waals surface area contributed by atoms with Gasteiger partial charge in [0.05, 0.1) is 12.2 Å². The van der Waals surface area contributed by atoms with Gasteiger partial charge in [0, 0.05) is 25.6 Å². The number of carbonyl (C=O) groups excluding carboxylic acids is 1. The molecule has 1 aliphatic rings. The molecule has 18 heavy (non-hydrogen) atoms. The molecule has 0 spiro atoms. The number of para-hydroxylation sites is 1. The molecule has 1 heterocycles. The smallest absolute Gasteiger partial charge is 0.257 e. The summed E-state index contributed by atoms with van der Waals surface area (Å²) in [5.74, 6) is 0.848. The van der Waals surface area contributed by atoms with Crippen LogP contribution in [-0.2, 0) is 0 Å². The second kappa shape index (κ2) is 5.87. The Hall–Kier alpha value is -1.55. The van der Waals surface area contributed by atoms with E-state index in [0.717, 1.165) is 6.42 Å². The van der Waals surface area contributed by atoms with Crippen molar-refractivity contribution in [3.05, 3.63) is 29.8 Å². The predicted molar refractivity (Wildman–Crippen MR) is 68.7 cm³/mol. The minimum Gasteiger partial charge on any atom is -0.493 e. The number of hydrogen-bond donors (Lipinski definition) is 1. The van der Waals surface area contributed by atoms with Crippen LogP contribution in [0.4, 0.5) is 0 Å². The zero-order chi connectivity index (χ0) is 13.0. The summed E-state index contributed by atoms with van der Waals surface area (Å²) in [4.78, 5) is 14.2. The summed E-state index contributed by atoms with van der Waals surface area (Å²) < 4.78 is 5.47. The van der Waals surface area contributed by atoms with Crippen LogP contribution in [0.1, 0.15) is 23.7 Å². The van der Waals surface area contributed by atoms with Crippen LogP contribution in [-0.4, -0.2) is 42.2 Å². The van der Waals surface area contributed by atoms with Crippen molar-refractivity contribution < 1.29 is 14.6 Å². The van der Waals surface area contributed by atoms with E-state index < -0.39 is 0 Å². The summed E-state index contributed by atoms with van der Waals surface area (Å²) >= 11 is 0. The fraction of sp³-hybridized carbons (Fsp3) is 0.500. The highest BCUT2D eigenvalue weighted by Crippen LogP contribution is 2.23. The van der Waals surface area contributed by atoms with E-state index in [9.17, 15) is 4.79 Å². The molecule has 0 saturated carbocycles. The van der Waals surface area contributed by atoms with Crippen LogP contribution in [0.5, 0.6) is 5.75 Å². The molecule has 4 nitrogen and oxygen atoms in total. The molecule has 0 radical (unpaired) electrons. The topological polar surface area (TPSA) is 49.8 Å². The van der Waals surface area contributed by atoms with Crippen LogP contribution < -0.4 is 4.74 Å². The highest BCUT2D eigenvalue weighted by molar-refractivity contribution is 5.97. The summed E-state index contributed by atoms with van der Waals surface area (Å²) in [6.45, 7) is 3.94. The standard InChI is InChI=1S/C14H19NO3/c1-2-18-13-6-4-3-5-12(13)14(17)15-8-7-11(9-15)10-16/h3-6,11,16H,2,7-10H2,1H3. The van der Waals surface area contributed by atoms with Gasteiger partial charge in [-0.05, 0) is 25.5 Å². The lowest BCUT2D eigenvalue weighted by Crippen LogP contribution is -2.29. The largest absolute Gasteiger partial charge is 0.493 e. The van der Waals surface area contributed by atoms with Crippen molar-refractivity contribution in [3.63, 3.8) is 0 Å². The number of likely N-dealkylation sites (tertiary alicyclic amines) is 1. The molecule has 1 aromatic carbocycles. The van der Waals surface area contributed by atoms with Crippen molar-refractivity contribution in [2.24, 2.45) is 5.92 Å². The molecule has 0 bridgehead atoms. The molecule has 1 aliphatic heterocycles. The van der Waals surface area contributed by atoms with Crippen molar-refractivity contribution in [1.29, 1.82) is 0 Å². The molecule has 98 valence electrons. The summed E-state index contributed by atoms with van der Waals surface area (Å²) in [7, 11) is 0. The Morgan fingerprint density at radius 2 is 2.28 bits per heavy atom. The Balaban J connectivity index is 2.14. The fourth-order valence-electron chi connectivity index (χ4n) is 2.26. The number of ether oxygens (including phenoxy) is 1. The van der Waals surface area contributed by atoms with Gasteiger partial charge in [-0.25, -0.2) is 0 Å². The van der Waals surface area contributed by atoms with Crippen LogP contribution in [0.15, 0.2) is 24.3 Å². The van der Waals surface area contributed by atoms with Gasteiger partial charge in [-0.1, -0.05) is 12.1 Å². The van der Waals surface area contributed by atoms with Crippen LogP contribution in [0, 0.1) is 5.92 Å². The molecule has 1 atom stereocenters. The lowest BCUT2D eigenvalue weighted by molar-refractivity contribution is 0.0777. The number of rotatable bonds is 4. The molecule has 4 heteroatoms. The number of nitrogens with zero attached hydrogens (tertiary/aromatic N) is 1. The maximum Gasteiger partial charge on any atom is 0.257 e. The van der Waals surface area contributed by atoms with Gasteiger partial charge < -0.3 is 14.7 Å². The Labute approximate surface area is 107 Å². The first-order chi connectivity index (χ1) is 8.76. The van der Waals surface area contributed by atoms with Crippen molar-refractivity contribution >= 4 is 5.91 Å². The molecule has 1 N–H and O–H groups in total. The lowest BCUT2D eigenvalue weighted by Gasteiger charge is -2.18. The van der Waals surface area contributed by atoms with E-state index in [1.807, 2.05) is 25.1 Å². The van der Waals surface area contributed by atoms with Gasteiger partial charge >= 0.3 is 0 Å². The minimum absolute atomic E-state index is 0.00463. The average Bonchev–Trinajstić information content (AvgIpc) is 2.88. The summed E-state index contributed by atoms with van der Waals surface area (Å²) in [5, 5.41) is 9.11. The van der Waals surface area contributed by atoms with E-state index >= 15 is 0 Å². The zero-order valence-electron chi connectivity index (χ0n) is 10.6. The Morgan fingerprint density at radius 3 is 2.94 bits per heavy atom. The molecular weight excluding hydrogens is 230 g/mol. The molecule has 0 aliphatic carbocycles. The van der Waals surface area contributed by atoms with Crippen LogP contribution >= 0.6 is 0 Å². The van der Waals surface area contributed by atoms with Gasteiger partial charge in [-0.15, -0.1) is 0 Å². The van der Waals surface area contributed by atoms with E-state index in [-0.39, 0.29) is 18.4 Å². The van der Waals surface area contributed by atoms with Crippen LogP contribution in [0.3, 0.4) is 0 Å². The molecule has 1 saturated heterocycles. The van der Waals surface area contributed by atoms with Gasteiger partial charge in [0.15, 0.2) is 0 Å². The second-order valence-corrected chi connectivity index (χ2v) is 4.52. The number of benzene rings is 1. The highest BCUT2D eigenvalue weighted by atomic mass is 16.5. The molecular formula is C14H19NO3. The first kappa shape index (κ1) is 12.9. The predicted octanol–water partition coefficient (Wildman–Crippen LogP) is 1.54. The van der Waals surface area contributed by atoms with Crippen LogP contribution in [0.2, 0.25) is 0 Å². The van der Waals surface area contributed by atoms with E-state index in [1.54, 1.807) is 11.0 Å². The number of hydrogen-bond acceptors (Lipinski definition) is 3. The molecule has 2 rings (SSSR count). The van der Waals surface area contributed by atoms with Gasteiger partial charge in [0.1, 0.15) is 5.75 Å². The maximum absolute atomic E-state index is 12.4. The monoisotopic (exact) mass is 249 g/mol. The van der Waals surface area contributed by atoms with E-state index in [1.165, 1.54) is 0 Å². The average molecular weight is 249 g/mol. The number of aliphatic hydroxyl groups excluding tert-OH is 1. The zero-order valence-corrected chi connectivity index (χ0v) is 10.6.